The number of hydrogen-bond donors (Lipinski definition) is 1. The van der Waals surface area contributed by atoms with Crippen LogP contribution in [0.4, 0.5) is 20.2 Å². The van der Waals surface area contributed by atoms with Crippen molar-refractivity contribution in [3.63, 3.8) is 0 Å². The Kier molecular flexibility index (Phi) is 11.1. The number of benzene rings is 4. The van der Waals surface area contributed by atoms with Gasteiger partial charge in [0.25, 0.3) is 11.8 Å². The van der Waals surface area contributed by atoms with Crippen LogP contribution < -0.4 is 10.2 Å². The van der Waals surface area contributed by atoms with Gasteiger partial charge in [-0.15, -0.1) is 0 Å². The summed E-state index contributed by atoms with van der Waals surface area (Å²) in [6.07, 6.45) is 3.01. The van der Waals surface area contributed by atoms with Crippen molar-refractivity contribution in [1.29, 1.82) is 0 Å². The lowest BCUT2D eigenvalue weighted by molar-refractivity contribution is -0.153. The molecule has 4 aromatic rings. The second kappa shape index (κ2) is 15.4. The van der Waals surface area contributed by atoms with Gasteiger partial charge in [0.1, 0.15) is 6.10 Å². The van der Waals surface area contributed by atoms with E-state index in [-0.39, 0.29) is 41.8 Å². The molecule has 1 aliphatic heterocycles. The zero-order chi connectivity index (χ0) is 33.4. The Bertz CT molecular complexity index is 1610. The SMILES string of the molecule is CCC(CC)OC(=O)C(c1ccccc1)C1CCN(c2ccc(NC(=O)c3ccccc3-c3ccc(C(F)(F)CC)cc3)cc2)CC1. The van der Waals surface area contributed by atoms with Crippen molar-refractivity contribution >= 4 is 23.3 Å². The number of halogens is 2. The maximum absolute atomic E-state index is 14.1. The van der Waals surface area contributed by atoms with Crippen LogP contribution in [-0.4, -0.2) is 31.1 Å². The van der Waals surface area contributed by atoms with Gasteiger partial charge in [0.15, 0.2) is 0 Å². The van der Waals surface area contributed by atoms with Crippen LogP contribution >= 0.6 is 0 Å². The van der Waals surface area contributed by atoms with E-state index in [0.717, 1.165) is 50.0 Å². The maximum Gasteiger partial charge on any atom is 0.313 e. The number of ether oxygens (including phenoxy) is 1. The molecule has 1 heterocycles. The van der Waals surface area contributed by atoms with Crippen LogP contribution in [0.2, 0.25) is 0 Å². The summed E-state index contributed by atoms with van der Waals surface area (Å²) in [4.78, 5) is 29.1. The smallest absolute Gasteiger partial charge is 0.313 e. The van der Waals surface area contributed by atoms with E-state index in [4.69, 9.17) is 4.74 Å². The molecule has 1 unspecified atom stereocenters. The van der Waals surface area contributed by atoms with E-state index in [1.54, 1.807) is 24.3 Å². The Morgan fingerprint density at radius 2 is 1.45 bits per heavy atom. The van der Waals surface area contributed by atoms with Crippen molar-refractivity contribution in [3.8, 4) is 11.1 Å². The van der Waals surface area contributed by atoms with Crippen molar-refractivity contribution in [2.45, 2.75) is 70.8 Å². The lowest BCUT2D eigenvalue weighted by Gasteiger charge is -2.37. The first-order valence-electron chi connectivity index (χ1n) is 16.7. The Labute approximate surface area is 277 Å². The predicted molar refractivity (Wildman–Crippen MR) is 185 cm³/mol. The minimum atomic E-state index is -2.89. The lowest BCUT2D eigenvalue weighted by atomic mass is 9.80. The first-order chi connectivity index (χ1) is 22.7. The van der Waals surface area contributed by atoms with Crippen molar-refractivity contribution in [3.05, 3.63) is 120 Å². The summed E-state index contributed by atoms with van der Waals surface area (Å²) in [6.45, 7) is 7.18. The highest BCUT2D eigenvalue weighted by molar-refractivity contribution is 6.08. The van der Waals surface area contributed by atoms with Gasteiger partial charge in [0.2, 0.25) is 0 Å². The van der Waals surface area contributed by atoms with Crippen molar-refractivity contribution in [2.75, 3.05) is 23.3 Å². The van der Waals surface area contributed by atoms with E-state index in [9.17, 15) is 18.4 Å². The number of amides is 1. The Balaban J connectivity index is 1.23. The molecule has 47 heavy (non-hydrogen) atoms. The quantitative estimate of drug-likeness (QED) is 0.157. The fourth-order valence-corrected chi connectivity index (χ4v) is 6.43. The number of esters is 1. The normalized spacial score (nSPS) is 14.6. The first kappa shape index (κ1) is 33.8. The molecular formula is C40H44F2N2O3. The molecule has 0 spiro atoms. The second-order valence-electron chi connectivity index (χ2n) is 12.3. The topological polar surface area (TPSA) is 58.6 Å². The van der Waals surface area contributed by atoms with E-state index >= 15 is 0 Å². The summed E-state index contributed by atoms with van der Waals surface area (Å²) in [5.41, 5.74) is 4.53. The minimum Gasteiger partial charge on any atom is -0.462 e. The number of nitrogens with zero attached hydrogens (tertiary/aromatic N) is 1. The number of rotatable bonds is 12. The van der Waals surface area contributed by atoms with Gasteiger partial charge in [-0.3, -0.25) is 9.59 Å². The zero-order valence-corrected chi connectivity index (χ0v) is 27.4. The van der Waals surface area contributed by atoms with Gasteiger partial charge >= 0.3 is 5.97 Å². The fourth-order valence-electron chi connectivity index (χ4n) is 6.43. The van der Waals surface area contributed by atoms with Crippen LogP contribution in [0.25, 0.3) is 11.1 Å². The summed E-state index contributed by atoms with van der Waals surface area (Å²) in [7, 11) is 0. The third kappa shape index (κ3) is 8.07. The molecule has 1 fully saturated rings. The highest BCUT2D eigenvalue weighted by Gasteiger charge is 2.35. The van der Waals surface area contributed by atoms with Gasteiger partial charge in [-0.2, -0.15) is 0 Å². The van der Waals surface area contributed by atoms with Crippen LogP contribution in [0, 0.1) is 5.92 Å². The van der Waals surface area contributed by atoms with Crippen molar-refractivity contribution in [1.82, 2.24) is 0 Å². The minimum absolute atomic E-state index is 0.0365. The maximum atomic E-state index is 14.1. The lowest BCUT2D eigenvalue weighted by Crippen LogP contribution is -2.38. The number of anilines is 2. The predicted octanol–water partition coefficient (Wildman–Crippen LogP) is 9.84. The van der Waals surface area contributed by atoms with E-state index in [2.05, 4.69) is 10.2 Å². The van der Waals surface area contributed by atoms with E-state index in [0.29, 0.717) is 22.4 Å². The molecule has 0 aliphatic carbocycles. The van der Waals surface area contributed by atoms with Crippen LogP contribution in [0.15, 0.2) is 103 Å². The molecular weight excluding hydrogens is 594 g/mol. The third-order valence-corrected chi connectivity index (χ3v) is 9.34. The molecule has 4 aromatic carbocycles. The molecule has 1 N–H and O–H groups in total. The standard InChI is InChI=1S/C40H44F2N2O3/c1-4-34(5-2)47-39(46)37(29-12-8-7-9-13-29)30-24-26-44(27-25-30)33-22-20-32(21-23-33)43-38(45)36-15-11-10-14-35(36)28-16-18-31(19-17-28)40(41,42)6-3/h7-23,30,34,37H,4-6,24-27H2,1-3H3,(H,43,45). The molecule has 7 heteroatoms. The Morgan fingerprint density at radius 3 is 2.06 bits per heavy atom. The summed E-state index contributed by atoms with van der Waals surface area (Å²) >= 11 is 0. The monoisotopic (exact) mass is 638 g/mol. The molecule has 1 saturated heterocycles. The van der Waals surface area contributed by atoms with Gasteiger partial charge in [0, 0.05) is 42.0 Å². The molecule has 0 saturated carbocycles. The first-order valence-corrected chi connectivity index (χ1v) is 16.7. The number of carbonyl (C=O) groups is 2. The summed E-state index contributed by atoms with van der Waals surface area (Å²) in [6, 6.07) is 31.1. The van der Waals surface area contributed by atoms with Crippen molar-refractivity contribution in [2.24, 2.45) is 5.92 Å². The summed E-state index contributed by atoms with van der Waals surface area (Å²) in [5, 5.41) is 2.99. The largest absolute Gasteiger partial charge is 0.462 e. The summed E-state index contributed by atoms with van der Waals surface area (Å²) in [5.74, 6) is -3.38. The number of hydrogen-bond acceptors (Lipinski definition) is 4. The van der Waals surface area contributed by atoms with Crippen molar-refractivity contribution < 1.29 is 23.1 Å². The Hall–Kier alpha value is -4.52. The average molecular weight is 639 g/mol. The molecule has 0 aromatic heterocycles. The molecule has 1 aliphatic rings. The van der Waals surface area contributed by atoms with Crippen LogP contribution in [0.3, 0.4) is 0 Å². The van der Waals surface area contributed by atoms with E-state index in [1.807, 2.05) is 80.6 Å². The van der Waals surface area contributed by atoms with Gasteiger partial charge < -0.3 is 15.0 Å². The van der Waals surface area contributed by atoms with Crippen LogP contribution in [-0.2, 0) is 15.5 Å². The number of piperidine rings is 1. The number of alkyl halides is 2. The molecule has 1 amide bonds. The fraction of sp³-hybridized carbons (Fsp3) is 0.350. The number of carbonyl (C=O) groups excluding carboxylic acids is 2. The zero-order valence-electron chi connectivity index (χ0n) is 27.4. The molecule has 5 nitrogen and oxygen atoms in total. The van der Waals surface area contributed by atoms with Crippen LogP contribution in [0.1, 0.15) is 80.3 Å². The third-order valence-electron chi connectivity index (χ3n) is 9.34. The van der Waals surface area contributed by atoms with E-state index < -0.39 is 5.92 Å². The summed E-state index contributed by atoms with van der Waals surface area (Å²) < 4.78 is 34.2. The molecule has 0 radical (unpaired) electrons. The molecule has 5 rings (SSSR count). The Morgan fingerprint density at radius 1 is 0.830 bits per heavy atom. The van der Waals surface area contributed by atoms with Gasteiger partial charge in [-0.25, -0.2) is 8.78 Å². The van der Waals surface area contributed by atoms with E-state index in [1.165, 1.54) is 19.1 Å². The van der Waals surface area contributed by atoms with Crippen LogP contribution in [0.5, 0.6) is 0 Å². The molecule has 0 bridgehead atoms. The highest BCUT2D eigenvalue weighted by atomic mass is 19.3. The number of nitrogens with one attached hydrogen (secondary N) is 1. The second-order valence-corrected chi connectivity index (χ2v) is 12.3. The molecule has 246 valence electrons. The van der Waals surface area contributed by atoms with Gasteiger partial charge in [-0.05, 0) is 78.6 Å². The highest BCUT2D eigenvalue weighted by Crippen LogP contribution is 2.37. The van der Waals surface area contributed by atoms with Gasteiger partial charge in [-0.1, -0.05) is 93.6 Å². The van der Waals surface area contributed by atoms with Gasteiger partial charge in [0.05, 0.1) is 5.92 Å². The average Bonchev–Trinajstić information content (AvgIpc) is 3.12. The molecule has 1 atom stereocenters.